The summed E-state index contributed by atoms with van der Waals surface area (Å²) in [7, 11) is 1.37. The highest BCUT2D eigenvalue weighted by Crippen LogP contribution is 2.43. The number of ether oxygens (including phenoxy) is 1. The van der Waals surface area contributed by atoms with E-state index in [4.69, 9.17) is 4.74 Å². The van der Waals surface area contributed by atoms with Crippen LogP contribution in [0.4, 0.5) is 10.7 Å². The zero-order valence-corrected chi connectivity index (χ0v) is 24.9. The van der Waals surface area contributed by atoms with E-state index in [0.29, 0.717) is 27.7 Å². The van der Waals surface area contributed by atoms with E-state index >= 15 is 0 Å². The van der Waals surface area contributed by atoms with Gasteiger partial charge in [-0.15, -0.1) is 23.1 Å². The molecule has 4 aromatic rings. The quantitative estimate of drug-likeness (QED) is 0.166. The van der Waals surface area contributed by atoms with Crippen LogP contribution in [0.15, 0.2) is 83.8 Å². The predicted octanol–water partition coefficient (Wildman–Crippen LogP) is 7.49. The lowest BCUT2D eigenvalue weighted by atomic mass is 9.83. The summed E-state index contributed by atoms with van der Waals surface area (Å²) in [6.07, 6.45) is 2.53. The number of esters is 1. The van der Waals surface area contributed by atoms with Crippen LogP contribution in [0.3, 0.4) is 0 Å². The van der Waals surface area contributed by atoms with Gasteiger partial charge < -0.3 is 15.4 Å². The molecule has 210 valence electrons. The first-order valence-corrected chi connectivity index (χ1v) is 15.3. The monoisotopic (exact) mass is 584 g/mol. The maximum Gasteiger partial charge on any atom is 0.341 e. The van der Waals surface area contributed by atoms with Gasteiger partial charge in [0.2, 0.25) is 5.91 Å². The minimum Gasteiger partial charge on any atom is -0.465 e. The summed E-state index contributed by atoms with van der Waals surface area (Å²) in [5.74, 6) is -0.432. The van der Waals surface area contributed by atoms with Gasteiger partial charge in [-0.25, -0.2) is 4.79 Å². The van der Waals surface area contributed by atoms with E-state index in [1.54, 1.807) is 6.07 Å². The molecule has 41 heavy (non-hydrogen) atoms. The molecule has 0 aliphatic heterocycles. The van der Waals surface area contributed by atoms with Crippen molar-refractivity contribution in [3.63, 3.8) is 0 Å². The number of anilines is 2. The highest BCUT2D eigenvalue weighted by atomic mass is 32.2. The topological polar surface area (TPSA) is 84.5 Å². The Kier molecular flexibility index (Phi) is 8.90. The number of amides is 2. The zero-order chi connectivity index (χ0) is 28.9. The van der Waals surface area contributed by atoms with Crippen molar-refractivity contribution in [3.05, 3.63) is 112 Å². The van der Waals surface area contributed by atoms with Gasteiger partial charge in [0.25, 0.3) is 5.91 Å². The van der Waals surface area contributed by atoms with Crippen molar-refractivity contribution in [3.8, 4) is 0 Å². The summed E-state index contributed by atoms with van der Waals surface area (Å²) in [6.45, 7) is 3.77. The SMILES string of the molecule is COC(=O)c1c(NC(=O)C(C)Sc2cccc(NC(=O)c3cccc(C)c3)c2)sc2c1CCC(c1ccccc1)C2. The van der Waals surface area contributed by atoms with Crippen LogP contribution in [-0.2, 0) is 22.4 Å². The number of rotatable bonds is 8. The summed E-state index contributed by atoms with van der Waals surface area (Å²) in [6, 6.07) is 25.3. The number of carbonyl (C=O) groups is 3. The average molecular weight is 585 g/mol. The third-order valence-electron chi connectivity index (χ3n) is 7.22. The maximum atomic E-state index is 13.3. The normalized spacial score (nSPS) is 15.0. The fraction of sp³-hybridized carbons (Fsp3) is 0.242. The summed E-state index contributed by atoms with van der Waals surface area (Å²) >= 11 is 2.86. The first-order valence-electron chi connectivity index (χ1n) is 13.6. The van der Waals surface area contributed by atoms with Gasteiger partial charge in [-0.2, -0.15) is 0 Å². The second-order valence-electron chi connectivity index (χ2n) is 10.2. The molecule has 1 heterocycles. The molecule has 0 saturated carbocycles. The smallest absolute Gasteiger partial charge is 0.341 e. The summed E-state index contributed by atoms with van der Waals surface area (Å²) in [5, 5.41) is 6.06. The molecule has 0 spiro atoms. The van der Waals surface area contributed by atoms with Crippen molar-refractivity contribution in [2.75, 3.05) is 17.7 Å². The van der Waals surface area contributed by atoms with Crippen LogP contribution in [0, 0.1) is 6.92 Å². The van der Waals surface area contributed by atoms with Gasteiger partial charge in [-0.1, -0.05) is 54.1 Å². The van der Waals surface area contributed by atoms with Gasteiger partial charge in [-0.05, 0) is 80.5 Å². The maximum absolute atomic E-state index is 13.3. The van der Waals surface area contributed by atoms with Gasteiger partial charge in [0.05, 0.1) is 17.9 Å². The Morgan fingerprint density at radius 1 is 0.976 bits per heavy atom. The first kappa shape index (κ1) is 28.6. The van der Waals surface area contributed by atoms with E-state index in [1.807, 2.05) is 62.4 Å². The fourth-order valence-electron chi connectivity index (χ4n) is 5.11. The van der Waals surface area contributed by atoms with Gasteiger partial charge in [0, 0.05) is 21.0 Å². The number of nitrogens with one attached hydrogen (secondary N) is 2. The van der Waals surface area contributed by atoms with E-state index in [-0.39, 0.29) is 11.8 Å². The Balaban J connectivity index is 1.28. The van der Waals surface area contributed by atoms with Crippen LogP contribution in [-0.4, -0.2) is 30.1 Å². The third-order valence-corrected chi connectivity index (χ3v) is 9.48. The molecule has 2 atom stereocenters. The van der Waals surface area contributed by atoms with Crippen molar-refractivity contribution < 1.29 is 19.1 Å². The van der Waals surface area contributed by atoms with Crippen LogP contribution in [0.25, 0.3) is 0 Å². The molecule has 5 rings (SSSR count). The van der Waals surface area contributed by atoms with Crippen molar-refractivity contribution in [2.24, 2.45) is 0 Å². The zero-order valence-electron chi connectivity index (χ0n) is 23.2. The minimum atomic E-state index is -0.445. The molecule has 2 amide bonds. The summed E-state index contributed by atoms with van der Waals surface area (Å²) in [4.78, 5) is 40.8. The molecule has 0 bridgehead atoms. The van der Waals surface area contributed by atoms with E-state index in [1.165, 1.54) is 35.8 Å². The Bertz CT molecular complexity index is 1580. The van der Waals surface area contributed by atoms with Gasteiger partial charge in [0.1, 0.15) is 5.00 Å². The lowest BCUT2D eigenvalue weighted by Crippen LogP contribution is -2.23. The highest BCUT2D eigenvalue weighted by Gasteiger charge is 2.31. The van der Waals surface area contributed by atoms with Crippen LogP contribution >= 0.6 is 23.1 Å². The number of fused-ring (bicyclic) bond motifs is 1. The summed E-state index contributed by atoms with van der Waals surface area (Å²) < 4.78 is 5.11. The van der Waals surface area contributed by atoms with Crippen LogP contribution in [0.5, 0.6) is 0 Å². The first-order chi connectivity index (χ1) is 19.8. The van der Waals surface area contributed by atoms with E-state index in [9.17, 15) is 14.4 Å². The van der Waals surface area contributed by atoms with Crippen LogP contribution < -0.4 is 10.6 Å². The van der Waals surface area contributed by atoms with E-state index < -0.39 is 11.2 Å². The number of hydrogen-bond donors (Lipinski definition) is 2. The number of methoxy groups -OCH3 is 1. The molecule has 2 unspecified atom stereocenters. The molecule has 1 aliphatic rings. The summed E-state index contributed by atoms with van der Waals surface area (Å²) in [5.41, 5.74) is 5.01. The second-order valence-corrected chi connectivity index (χ2v) is 12.7. The molecule has 0 radical (unpaired) electrons. The van der Waals surface area contributed by atoms with E-state index in [0.717, 1.165) is 40.2 Å². The number of thioether (sulfide) groups is 1. The van der Waals surface area contributed by atoms with E-state index in [2.05, 4.69) is 34.9 Å². The molecule has 0 fully saturated rings. The molecule has 3 aromatic carbocycles. The third kappa shape index (κ3) is 6.72. The average Bonchev–Trinajstić information content (AvgIpc) is 3.34. The van der Waals surface area contributed by atoms with Gasteiger partial charge in [-0.3, -0.25) is 9.59 Å². The Morgan fingerprint density at radius 2 is 1.76 bits per heavy atom. The number of carbonyl (C=O) groups excluding carboxylic acids is 3. The number of aryl methyl sites for hydroxylation is 1. The standard InChI is InChI=1S/C33H32N2O4S2/c1-20-9-7-12-24(17-20)31(37)34-25-13-8-14-26(19-25)40-21(2)30(36)35-32-29(33(38)39-3)27-16-15-23(18-28(27)41-32)22-10-5-4-6-11-22/h4-14,17,19,21,23H,15-16,18H2,1-3H3,(H,34,37)(H,35,36). The van der Waals surface area contributed by atoms with Crippen molar-refractivity contribution in [2.45, 2.75) is 49.2 Å². The number of benzene rings is 3. The molecule has 6 nitrogen and oxygen atoms in total. The largest absolute Gasteiger partial charge is 0.465 e. The lowest BCUT2D eigenvalue weighted by molar-refractivity contribution is -0.115. The molecule has 1 aromatic heterocycles. The minimum absolute atomic E-state index is 0.187. The molecule has 8 heteroatoms. The Labute approximate surface area is 248 Å². The number of hydrogen-bond acceptors (Lipinski definition) is 6. The fourth-order valence-corrected chi connectivity index (χ4v) is 7.35. The molecule has 0 saturated heterocycles. The van der Waals surface area contributed by atoms with Crippen LogP contribution in [0.1, 0.15) is 61.5 Å². The van der Waals surface area contributed by atoms with Gasteiger partial charge >= 0.3 is 5.97 Å². The van der Waals surface area contributed by atoms with Crippen molar-refractivity contribution in [1.82, 2.24) is 0 Å². The second kappa shape index (κ2) is 12.7. The molecule has 1 aliphatic carbocycles. The Hall–Kier alpha value is -3.88. The highest BCUT2D eigenvalue weighted by molar-refractivity contribution is 8.00. The van der Waals surface area contributed by atoms with Gasteiger partial charge in [0.15, 0.2) is 0 Å². The van der Waals surface area contributed by atoms with Crippen LogP contribution in [0.2, 0.25) is 0 Å². The molecular weight excluding hydrogens is 553 g/mol. The predicted molar refractivity (Wildman–Crippen MR) is 166 cm³/mol. The lowest BCUT2D eigenvalue weighted by Gasteiger charge is -2.22. The molecule has 2 N–H and O–H groups in total. The van der Waals surface area contributed by atoms with Crippen molar-refractivity contribution in [1.29, 1.82) is 0 Å². The Morgan fingerprint density at radius 3 is 2.51 bits per heavy atom. The molecular formula is C33H32N2O4S2. The van der Waals surface area contributed by atoms with Crippen molar-refractivity contribution >= 4 is 51.6 Å². The number of thiophene rings is 1.